The number of carbonyl (C=O) groups is 1. The van der Waals surface area contributed by atoms with Crippen molar-refractivity contribution in [2.24, 2.45) is 0 Å². The molecular weight excluding hydrogens is 206 g/mol. The second kappa shape index (κ2) is 10.4. The van der Waals surface area contributed by atoms with Crippen LogP contribution in [0.2, 0.25) is 0 Å². The van der Waals surface area contributed by atoms with Gasteiger partial charge in [-0.25, -0.2) is 0 Å². The summed E-state index contributed by atoms with van der Waals surface area (Å²) in [7, 11) is 1.62. The van der Waals surface area contributed by atoms with Crippen LogP contribution in [-0.4, -0.2) is 50.7 Å². The Labute approximate surface area is 97.4 Å². The molecule has 0 saturated carbocycles. The van der Waals surface area contributed by atoms with Gasteiger partial charge in [0.05, 0.1) is 19.2 Å². The van der Waals surface area contributed by atoms with E-state index in [1.165, 1.54) is 0 Å². The first-order valence-corrected chi connectivity index (χ1v) is 5.59. The van der Waals surface area contributed by atoms with Crippen LogP contribution in [0, 0.1) is 11.3 Å². The molecule has 0 atom stereocenters. The Bertz CT molecular complexity index is 226. The number of nitrogens with one attached hydrogen (secondary N) is 1. The minimum Gasteiger partial charge on any atom is -0.383 e. The number of nitriles is 1. The van der Waals surface area contributed by atoms with Gasteiger partial charge in [0, 0.05) is 33.2 Å². The number of rotatable bonds is 9. The Morgan fingerprint density at radius 1 is 1.50 bits per heavy atom. The number of hydrogen-bond acceptors (Lipinski definition) is 4. The van der Waals surface area contributed by atoms with Crippen LogP contribution in [0.15, 0.2) is 0 Å². The lowest BCUT2D eigenvalue weighted by atomic mass is 10.3. The van der Waals surface area contributed by atoms with Crippen molar-refractivity contribution in [3.05, 3.63) is 0 Å². The van der Waals surface area contributed by atoms with Crippen LogP contribution >= 0.6 is 0 Å². The van der Waals surface area contributed by atoms with Gasteiger partial charge in [-0.05, 0) is 6.42 Å². The lowest BCUT2D eigenvalue weighted by molar-refractivity contribution is -0.122. The third kappa shape index (κ3) is 8.21. The Hall–Kier alpha value is -1.12. The minimum absolute atomic E-state index is 0.0101. The molecule has 0 bridgehead atoms. The molecular formula is C11H21N3O2. The van der Waals surface area contributed by atoms with E-state index in [1.807, 2.05) is 11.8 Å². The van der Waals surface area contributed by atoms with Gasteiger partial charge < -0.3 is 10.1 Å². The highest BCUT2D eigenvalue weighted by Gasteiger charge is 2.09. The van der Waals surface area contributed by atoms with Crippen LogP contribution in [-0.2, 0) is 9.53 Å². The van der Waals surface area contributed by atoms with Gasteiger partial charge in [0.15, 0.2) is 0 Å². The van der Waals surface area contributed by atoms with Crippen molar-refractivity contribution in [3.63, 3.8) is 0 Å². The highest BCUT2D eigenvalue weighted by atomic mass is 16.5. The highest BCUT2D eigenvalue weighted by molar-refractivity contribution is 5.77. The van der Waals surface area contributed by atoms with Gasteiger partial charge in [-0.2, -0.15) is 5.26 Å². The fourth-order valence-corrected chi connectivity index (χ4v) is 1.22. The largest absolute Gasteiger partial charge is 0.383 e. The lowest BCUT2D eigenvalue weighted by Crippen LogP contribution is -2.39. The molecule has 92 valence electrons. The minimum atomic E-state index is 0.0101. The number of ether oxygens (including phenoxy) is 1. The number of methoxy groups -OCH3 is 1. The lowest BCUT2D eigenvalue weighted by Gasteiger charge is -2.19. The second-order valence-corrected chi connectivity index (χ2v) is 3.53. The third-order valence-electron chi connectivity index (χ3n) is 2.09. The zero-order valence-electron chi connectivity index (χ0n) is 10.2. The van der Waals surface area contributed by atoms with Gasteiger partial charge in [-0.1, -0.05) is 6.92 Å². The van der Waals surface area contributed by atoms with E-state index in [0.717, 1.165) is 6.42 Å². The molecule has 0 unspecified atom stereocenters. The second-order valence-electron chi connectivity index (χ2n) is 3.53. The normalized spacial score (nSPS) is 10.1. The summed E-state index contributed by atoms with van der Waals surface area (Å²) in [6, 6.07) is 2.08. The first kappa shape index (κ1) is 14.9. The van der Waals surface area contributed by atoms with Crippen molar-refractivity contribution >= 4 is 5.91 Å². The quantitative estimate of drug-likeness (QED) is 0.618. The SMILES string of the molecule is CCCNC(=O)CN(CCC#N)CCOC. The van der Waals surface area contributed by atoms with Gasteiger partial charge in [0.25, 0.3) is 0 Å². The molecule has 0 aliphatic carbocycles. The van der Waals surface area contributed by atoms with E-state index in [2.05, 4.69) is 11.4 Å². The fourth-order valence-electron chi connectivity index (χ4n) is 1.22. The Kier molecular flexibility index (Phi) is 9.67. The first-order valence-electron chi connectivity index (χ1n) is 5.59. The molecule has 0 rings (SSSR count). The van der Waals surface area contributed by atoms with Crippen LogP contribution in [0.25, 0.3) is 0 Å². The third-order valence-corrected chi connectivity index (χ3v) is 2.09. The average molecular weight is 227 g/mol. The topological polar surface area (TPSA) is 65.4 Å². The summed E-state index contributed by atoms with van der Waals surface area (Å²) >= 11 is 0. The Morgan fingerprint density at radius 2 is 2.25 bits per heavy atom. The maximum Gasteiger partial charge on any atom is 0.234 e. The molecule has 16 heavy (non-hydrogen) atoms. The van der Waals surface area contributed by atoms with Crippen LogP contribution in [0.3, 0.4) is 0 Å². The molecule has 0 aromatic heterocycles. The standard InChI is InChI=1S/C11H21N3O2/c1-3-6-13-11(15)10-14(7-4-5-12)8-9-16-2/h3-4,6-10H2,1-2H3,(H,13,15). The van der Waals surface area contributed by atoms with Gasteiger partial charge in [0.2, 0.25) is 5.91 Å². The summed E-state index contributed by atoms with van der Waals surface area (Å²) in [5.74, 6) is 0.0101. The van der Waals surface area contributed by atoms with E-state index < -0.39 is 0 Å². The molecule has 0 aromatic carbocycles. The van der Waals surface area contributed by atoms with Crippen molar-refractivity contribution in [1.29, 1.82) is 5.26 Å². The number of hydrogen-bond donors (Lipinski definition) is 1. The van der Waals surface area contributed by atoms with E-state index in [4.69, 9.17) is 10.00 Å². The van der Waals surface area contributed by atoms with E-state index >= 15 is 0 Å². The highest BCUT2D eigenvalue weighted by Crippen LogP contribution is 1.91. The number of nitrogens with zero attached hydrogens (tertiary/aromatic N) is 2. The van der Waals surface area contributed by atoms with Gasteiger partial charge in [-0.15, -0.1) is 0 Å². The predicted octanol–water partition coefficient (Wildman–Crippen LogP) is 0.375. The average Bonchev–Trinajstić information content (AvgIpc) is 2.30. The zero-order valence-corrected chi connectivity index (χ0v) is 10.2. The van der Waals surface area contributed by atoms with Crippen LogP contribution < -0.4 is 5.32 Å². The first-order chi connectivity index (χ1) is 7.74. The van der Waals surface area contributed by atoms with Gasteiger partial charge in [-0.3, -0.25) is 9.69 Å². The molecule has 0 radical (unpaired) electrons. The summed E-state index contributed by atoms with van der Waals surface area (Å²) < 4.78 is 4.96. The molecule has 0 saturated heterocycles. The maximum atomic E-state index is 11.5. The molecule has 1 amide bonds. The fraction of sp³-hybridized carbons (Fsp3) is 0.818. The van der Waals surface area contributed by atoms with Crippen molar-refractivity contribution < 1.29 is 9.53 Å². The zero-order chi connectivity index (χ0) is 12.2. The smallest absolute Gasteiger partial charge is 0.234 e. The molecule has 1 N–H and O–H groups in total. The van der Waals surface area contributed by atoms with E-state index in [-0.39, 0.29) is 5.91 Å². The van der Waals surface area contributed by atoms with Crippen molar-refractivity contribution in [2.75, 3.05) is 39.9 Å². The molecule has 0 fully saturated rings. The summed E-state index contributed by atoms with van der Waals surface area (Å²) in [4.78, 5) is 13.4. The summed E-state index contributed by atoms with van der Waals surface area (Å²) in [5.41, 5.74) is 0. The maximum absolute atomic E-state index is 11.5. The van der Waals surface area contributed by atoms with Crippen LogP contribution in [0.1, 0.15) is 19.8 Å². The molecule has 5 nitrogen and oxygen atoms in total. The molecule has 5 heteroatoms. The van der Waals surface area contributed by atoms with E-state index in [9.17, 15) is 4.79 Å². The monoisotopic (exact) mass is 227 g/mol. The molecule has 0 heterocycles. The van der Waals surface area contributed by atoms with Crippen LogP contribution in [0.5, 0.6) is 0 Å². The Balaban J connectivity index is 3.88. The Morgan fingerprint density at radius 3 is 2.81 bits per heavy atom. The van der Waals surface area contributed by atoms with E-state index in [1.54, 1.807) is 7.11 Å². The predicted molar refractivity (Wildman–Crippen MR) is 61.8 cm³/mol. The molecule has 0 aliphatic heterocycles. The van der Waals surface area contributed by atoms with E-state index in [0.29, 0.717) is 39.2 Å². The molecule has 0 aromatic rings. The molecule has 0 spiro atoms. The summed E-state index contributed by atoms with van der Waals surface area (Å²) in [6.45, 7) is 4.92. The number of amides is 1. The van der Waals surface area contributed by atoms with Crippen molar-refractivity contribution in [3.8, 4) is 6.07 Å². The summed E-state index contributed by atoms with van der Waals surface area (Å²) in [5, 5.41) is 11.3. The van der Waals surface area contributed by atoms with Gasteiger partial charge >= 0.3 is 0 Å². The number of carbonyl (C=O) groups excluding carboxylic acids is 1. The summed E-state index contributed by atoms with van der Waals surface area (Å²) in [6.07, 6.45) is 1.37. The van der Waals surface area contributed by atoms with Crippen LogP contribution in [0.4, 0.5) is 0 Å². The molecule has 0 aliphatic rings. The van der Waals surface area contributed by atoms with Gasteiger partial charge in [0.1, 0.15) is 0 Å². The van der Waals surface area contributed by atoms with Crippen molar-refractivity contribution in [1.82, 2.24) is 10.2 Å². The van der Waals surface area contributed by atoms with Crippen molar-refractivity contribution in [2.45, 2.75) is 19.8 Å².